The maximum atomic E-state index is 9.19. The molecular formula is C12H14N4S. The summed E-state index contributed by atoms with van der Waals surface area (Å²) >= 11 is 1.36. The van der Waals surface area contributed by atoms with Crippen LogP contribution in [0.1, 0.15) is 31.0 Å². The summed E-state index contributed by atoms with van der Waals surface area (Å²) in [6.07, 6.45) is 1.92. The molecule has 1 aliphatic rings. The van der Waals surface area contributed by atoms with Gasteiger partial charge in [0.15, 0.2) is 0 Å². The van der Waals surface area contributed by atoms with E-state index in [-0.39, 0.29) is 5.41 Å². The zero-order valence-corrected chi connectivity index (χ0v) is 10.8. The Labute approximate surface area is 105 Å². The van der Waals surface area contributed by atoms with Crippen LogP contribution in [0.2, 0.25) is 0 Å². The third-order valence-electron chi connectivity index (χ3n) is 3.21. The molecule has 17 heavy (non-hydrogen) atoms. The Bertz CT molecular complexity index is 508. The molecule has 2 heterocycles. The number of piperidine rings is 1. The van der Waals surface area contributed by atoms with Crippen molar-refractivity contribution in [3.63, 3.8) is 0 Å². The normalized spacial score (nSPS) is 24.1. The number of nitriles is 2. The Balaban J connectivity index is 2.30. The molecule has 4 nitrogen and oxygen atoms in total. The quantitative estimate of drug-likeness (QED) is 0.763. The second-order valence-electron chi connectivity index (χ2n) is 4.76. The summed E-state index contributed by atoms with van der Waals surface area (Å²) in [5.41, 5.74) is 1.15. The monoisotopic (exact) mass is 246 g/mol. The summed E-state index contributed by atoms with van der Waals surface area (Å²) in [4.78, 5) is 2.13. The molecule has 1 atom stereocenters. The number of aromatic nitrogens is 1. The number of nitrogens with zero attached hydrogens (tertiary/aromatic N) is 4. The molecule has 0 aromatic carbocycles. The first-order valence-corrected chi connectivity index (χ1v) is 6.39. The van der Waals surface area contributed by atoms with Crippen LogP contribution < -0.4 is 4.90 Å². The third kappa shape index (κ3) is 2.11. The zero-order valence-electron chi connectivity index (χ0n) is 10.0. The molecule has 1 saturated heterocycles. The van der Waals surface area contributed by atoms with Crippen molar-refractivity contribution in [1.82, 2.24) is 4.37 Å². The van der Waals surface area contributed by atoms with E-state index < -0.39 is 0 Å². The van der Waals surface area contributed by atoms with E-state index in [9.17, 15) is 5.26 Å². The fourth-order valence-corrected chi connectivity index (χ4v) is 3.08. The minimum absolute atomic E-state index is 0.303. The zero-order chi connectivity index (χ0) is 12.5. The Morgan fingerprint density at radius 1 is 1.47 bits per heavy atom. The highest BCUT2D eigenvalue weighted by molar-refractivity contribution is 7.10. The summed E-state index contributed by atoms with van der Waals surface area (Å²) in [5, 5.41) is 19.2. The van der Waals surface area contributed by atoms with Gasteiger partial charge in [0, 0.05) is 13.1 Å². The van der Waals surface area contributed by atoms with Gasteiger partial charge in [0.1, 0.15) is 16.6 Å². The summed E-state index contributed by atoms with van der Waals surface area (Å²) in [5.74, 6) is 0. The highest BCUT2D eigenvalue weighted by Crippen LogP contribution is 2.35. The van der Waals surface area contributed by atoms with Gasteiger partial charge in [-0.3, -0.25) is 0 Å². The van der Waals surface area contributed by atoms with Gasteiger partial charge in [-0.25, -0.2) is 0 Å². The molecule has 0 radical (unpaired) electrons. The van der Waals surface area contributed by atoms with E-state index in [0.717, 1.165) is 30.1 Å². The van der Waals surface area contributed by atoms with Crippen LogP contribution in [0.5, 0.6) is 0 Å². The van der Waals surface area contributed by atoms with E-state index in [4.69, 9.17) is 5.26 Å². The molecule has 0 amide bonds. The highest BCUT2D eigenvalue weighted by atomic mass is 32.1. The maximum absolute atomic E-state index is 9.19. The molecule has 0 N–H and O–H groups in total. The lowest BCUT2D eigenvalue weighted by molar-refractivity contribution is 0.350. The van der Waals surface area contributed by atoms with E-state index in [1.54, 1.807) is 0 Å². The average molecular weight is 246 g/mol. The Hall–Kier alpha value is -1.59. The van der Waals surface area contributed by atoms with E-state index in [2.05, 4.69) is 21.4 Å². The standard InChI is InChI=1S/C12H14N4S/c1-9-10(6-13)11(17-15-9)16-5-3-4-12(2,7-14)8-16/h3-5,8H2,1-2H3. The first kappa shape index (κ1) is 11.9. The van der Waals surface area contributed by atoms with Crippen molar-refractivity contribution in [3.05, 3.63) is 11.3 Å². The lowest BCUT2D eigenvalue weighted by Crippen LogP contribution is -2.40. The fraction of sp³-hybridized carbons (Fsp3) is 0.583. The molecular weight excluding hydrogens is 232 g/mol. The maximum Gasteiger partial charge on any atom is 0.130 e. The van der Waals surface area contributed by atoms with Crippen LogP contribution in [-0.4, -0.2) is 17.5 Å². The van der Waals surface area contributed by atoms with Gasteiger partial charge in [-0.2, -0.15) is 14.9 Å². The van der Waals surface area contributed by atoms with Crippen LogP contribution in [0.15, 0.2) is 0 Å². The van der Waals surface area contributed by atoms with E-state index in [1.165, 1.54) is 11.5 Å². The number of rotatable bonds is 1. The van der Waals surface area contributed by atoms with Crippen molar-refractivity contribution in [2.24, 2.45) is 5.41 Å². The molecule has 88 valence electrons. The van der Waals surface area contributed by atoms with Crippen molar-refractivity contribution in [2.75, 3.05) is 18.0 Å². The van der Waals surface area contributed by atoms with Crippen LogP contribution >= 0.6 is 11.5 Å². The van der Waals surface area contributed by atoms with Crippen molar-refractivity contribution < 1.29 is 0 Å². The minimum atomic E-state index is -0.303. The smallest absolute Gasteiger partial charge is 0.130 e. The summed E-state index contributed by atoms with van der Waals surface area (Å²) in [6.45, 7) is 5.44. The van der Waals surface area contributed by atoms with Crippen LogP contribution in [0.3, 0.4) is 0 Å². The second-order valence-corrected chi connectivity index (χ2v) is 5.51. The number of aryl methyl sites for hydroxylation is 1. The van der Waals surface area contributed by atoms with Crippen molar-refractivity contribution in [1.29, 1.82) is 10.5 Å². The molecule has 1 aromatic heterocycles. The molecule has 0 aliphatic carbocycles. The van der Waals surface area contributed by atoms with E-state index >= 15 is 0 Å². The Kier molecular flexibility index (Phi) is 3.04. The lowest BCUT2D eigenvalue weighted by Gasteiger charge is -2.36. The topological polar surface area (TPSA) is 63.7 Å². The molecule has 1 aliphatic heterocycles. The molecule has 5 heteroatoms. The third-order valence-corrected chi connectivity index (χ3v) is 4.21. The van der Waals surface area contributed by atoms with Crippen molar-refractivity contribution in [2.45, 2.75) is 26.7 Å². The van der Waals surface area contributed by atoms with E-state index in [1.807, 2.05) is 13.8 Å². The minimum Gasteiger partial charge on any atom is -0.360 e. The predicted molar refractivity (Wildman–Crippen MR) is 66.7 cm³/mol. The summed E-state index contributed by atoms with van der Waals surface area (Å²) in [7, 11) is 0. The predicted octanol–water partition coefficient (Wildman–Crippen LogP) is 2.45. The molecule has 0 saturated carbocycles. The van der Waals surface area contributed by atoms with Gasteiger partial charge in [-0.1, -0.05) is 0 Å². The molecule has 1 unspecified atom stereocenters. The molecule has 2 rings (SSSR count). The van der Waals surface area contributed by atoms with Gasteiger partial charge in [-0.15, -0.1) is 0 Å². The van der Waals surface area contributed by atoms with Crippen LogP contribution in [0.25, 0.3) is 0 Å². The molecule has 0 bridgehead atoms. The Morgan fingerprint density at radius 3 is 2.88 bits per heavy atom. The van der Waals surface area contributed by atoms with Crippen LogP contribution in [0, 0.1) is 35.0 Å². The van der Waals surface area contributed by atoms with Crippen molar-refractivity contribution >= 4 is 16.5 Å². The first-order valence-electron chi connectivity index (χ1n) is 5.62. The van der Waals surface area contributed by atoms with Gasteiger partial charge in [0.25, 0.3) is 0 Å². The van der Waals surface area contributed by atoms with Gasteiger partial charge in [0.2, 0.25) is 0 Å². The SMILES string of the molecule is Cc1nsc(N2CCCC(C)(C#N)C2)c1C#N. The Morgan fingerprint density at radius 2 is 2.24 bits per heavy atom. The fourth-order valence-electron chi connectivity index (χ4n) is 2.21. The molecule has 0 spiro atoms. The largest absolute Gasteiger partial charge is 0.360 e. The molecule has 1 fully saturated rings. The highest BCUT2D eigenvalue weighted by Gasteiger charge is 2.32. The lowest BCUT2D eigenvalue weighted by atomic mass is 9.83. The van der Waals surface area contributed by atoms with Crippen molar-refractivity contribution in [3.8, 4) is 12.1 Å². The summed E-state index contributed by atoms with van der Waals surface area (Å²) < 4.78 is 4.23. The van der Waals surface area contributed by atoms with Gasteiger partial charge in [-0.05, 0) is 38.2 Å². The summed E-state index contributed by atoms with van der Waals surface area (Å²) in [6, 6.07) is 4.59. The van der Waals surface area contributed by atoms with Gasteiger partial charge in [0.05, 0.1) is 17.2 Å². The second kappa shape index (κ2) is 4.35. The average Bonchev–Trinajstić information content (AvgIpc) is 2.70. The number of hydrogen-bond donors (Lipinski definition) is 0. The van der Waals surface area contributed by atoms with Gasteiger partial charge < -0.3 is 4.90 Å². The first-order chi connectivity index (χ1) is 8.09. The van der Waals surface area contributed by atoms with E-state index in [0.29, 0.717) is 12.1 Å². The number of hydrogen-bond acceptors (Lipinski definition) is 5. The van der Waals surface area contributed by atoms with Gasteiger partial charge >= 0.3 is 0 Å². The van der Waals surface area contributed by atoms with Crippen LogP contribution in [-0.2, 0) is 0 Å². The van der Waals surface area contributed by atoms with Crippen LogP contribution in [0.4, 0.5) is 5.00 Å². The molecule has 1 aromatic rings. The number of anilines is 1.